The van der Waals surface area contributed by atoms with Gasteiger partial charge in [-0.2, -0.15) is 0 Å². The summed E-state index contributed by atoms with van der Waals surface area (Å²) in [6.45, 7) is 0.582. The number of nitrogens with zero attached hydrogens (tertiary/aromatic N) is 2. The summed E-state index contributed by atoms with van der Waals surface area (Å²) in [6.07, 6.45) is 6.47. The van der Waals surface area contributed by atoms with E-state index >= 15 is 0 Å². The Bertz CT molecular complexity index is 865. The Morgan fingerprint density at radius 3 is 2.74 bits per heavy atom. The summed E-state index contributed by atoms with van der Waals surface area (Å²) in [5.74, 6) is 0.848. The third-order valence-electron chi connectivity index (χ3n) is 4.23. The van der Waals surface area contributed by atoms with Crippen molar-refractivity contribution in [3.8, 4) is 5.75 Å². The number of aromatic nitrogens is 2. The number of aryl methyl sites for hydroxylation is 2. The number of benzene rings is 1. The maximum absolute atomic E-state index is 12.2. The van der Waals surface area contributed by atoms with E-state index < -0.39 is 0 Å². The second-order valence-corrected chi connectivity index (χ2v) is 7.12. The second kappa shape index (κ2) is 9.83. The number of rotatable bonds is 9. The highest BCUT2D eigenvalue weighted by Gasteiger charge is 2.09. The quantitative estimate of drug-likeness (QED) is 0.618. The van der Waals surface area contributed by atoms with Gasteiger partial charge in [-0.05, 0) is 42.2 Å². The van der Waals surface area contributed by atoms with Crippen LogP contribution in [0.1, 0.15) is 21.8 Å². The lowest BCUT2D eigenvalue weighted by Crippen LogP contribution is -2.27. The summed E-state index contributed by atoms with van der Waals surface area (Å²) in [5, 5.41) is 5.99. The molecule has 0 radical (unpaired) electrons. The van der Waals surface area contributed by atoms with Gasteiger partial charge in [0.05, 0.1) is 24.2 Å². The van der Waals surface area contributed by atoms with Gasteiger partial charge in [0.25, 0.3) is 0 Å². The van der Waals surface area contributed by atoms with Crippen LogP contribution in [0.2, 0.25) is 0 Å². The van der Waals surface area contributed by atoms with Crippen molar-refractivity contribution in [1.29, 1.82) is 0 Å². The minimum Gasteiger partial charge on any atom is -0.496 e. The van der Waals surface area contributed by atoms with E-state index in [1.54, 1.807) is 30.8 Å². The van der Waals surface area contributed by atoms with Crippen LogP contribution in [-0.4, -0.2) is 29.5 Å². The number of hydrogen-bond donors (Lipinski definition) is 1. The first-order chi connectivity index (χ1) is 13.2. The van der Waals surface area contributed by atoms with Crippen LogP contribution >= 0.6 is 11.3 Å². The zero-order valence-corrected chi connectivity index (χ0v) is 16.2. The molecule has 0 bridgehead atoms. The zero-order valence-electron chi connectivity index (χ0n) is 15.4. The fourth-order valence-electron chi connectivity index (χ4n) is 2.82. The normalized spacial score (nSPS) is 10.6. The highest BCUT2D eigenvalue weighted by atomic mass is 32.1. The molecule has 2 heterocycles. The van der Waals surface area contributed by atoms with Gasteiger partial charge >= 0.3 is 0 Å². The molecular formula is C21H23N3O2S. The molecule has 140 valence electrons. The van der Waals surface area contributed by atoms with Crippen LogP contribution in [0.5, 0.6) is 5.75 Å². The van der Waals surface area contributed by atoms with Crippen molar-refractivity contribution in [1.82, 2.24) is 15.3 Å². The lowest BCUT2D eigenvalue weighted by atomic mass is 10.1. The molecule has 0 aliphatic carbocycles. The third-order valence-corrected chi connectivity index (χ3v) is 5.18. The van der Waals surface area contributed by atoms with Crippen molar-refractivity contribution in [3.05, 3.63) is 76.0 Å². The number of amides is 1. The predicted octanol–water partition coefficient (Wildman–Crippen LogP) is 3.23. The molecule has 6 heteroatoms. The Morgan fingerprint density at radius 2 is 1.93 bits per heavy atom. The monoisotopic (exact) mass is 381 g/mol. The summed E-state index contributed by atoms with van der Waals surface area (Å²) in [7, 11) is 1.66. The van der Waals surface area contributed by atoms with Crippen LogP contribution in [0.3, 0.4) is 0 Å². The molecule has 2 aromatic heterocycles. The molecular weight excluding hydrogens is 358 g/mol. The first-order valence-corrected chi connectivity index (χ1v) is 9.83. The number of hydrogen-bond acceptors (Lipinski definition) is 5. The molecule has 1 amide bonds. The molecule has 0 spiro atoms. The van der Waals surface area contributed by atoms with Crippen LogP contribution < -0.4 is 10.1 Å². The summed E-state index contributed by atoms with van der Waals surface area (Å²) < 4.78 is 5.33. The Hall–Kier alpha value is -2.73. The highest BCUT2D eigenvalue weighted by Crippen LogP contribution is 2.17. The van der Waals surface area contributed by atoms with Crippen LogP contribution in [-0.2, 0) is 30.5 Å². The highest BCUT2D eigenvalue weighted by molar-refractivity contribution is 7.09. The van der Waals surface area contributed by atoms with Gasteiger partial charge in [0.1, 0.15) is 5.75 Å². The van der Waals surface area contributed by atoms with Crippen molar-refractivity contribution in [2.24, 2.45) is 0 Å². The van der Waals surface area contributed by atoms with Crippen molar-refractivity contribution in [2.75, 3.05) is 13.7 Å². The molecule has 0 saturated carbocycles. The number of carbonyl (C=O) groups excluding carboxylic acids is 1. The molecule has 5 nitrogen and oxygen atoms in total. The zero-order chi connectivity index (χ0) is 18.9. The predicted molar refractivity (Wildman–Crippen MR) is 107 cm³/mol. The van der Waals surface area contributed by atoms with E-state index in [0.717, 1.165) is 41.3 Å². The molecule has 3 aromatic rings. The number of carbonyl (C=O) groups is 1. The molecule has 1 N–H and O–H groups in total. The van der Waals surface area contributed by atoms with Gasteiger partial charge in [-0.3, -0.25) is 9.78 Å². The van der Waals surface area contributed by atoms with Crippen LogP contribution in [0.25, 0.3) is 0 Å². The lowest BCUT2D eigenvalue weighted by Gasteiger charge is -2.08. The average molecular weight is 382 g/mol. The van der Waals surface area contributed by atoms with Gasteiger partial charge in [0, 0.05) is 30.7 Å². The Morgan fingerprint density at radius 1 is 1.11 bits per heavy atom. The lowest BCUT2D eigenvalue weighted by molar-refractivity contribution is -0.120. The molecule has 3 rings (SSSR count). The van der Waals surface area contributed by atoms with Gasteiger partial charge in [-0.15, -0.1) is 11.3 Å². The molecule has 0 aliphatic heterocycles. The Balaban J connectivity index is 1.42. The van der Waals surface area contributed by atoms with Crippen LogP contribution in [0.15, 0.2) is 54.2 Å². The van der Waals surface area contributed by atoms with Gasteiger partial charge < -0.3 is 10.1 Å². The van der Waals surface area contributed by atoms with E-state index in [2.05, 4.69) is 15.3 Å². The average Bonchev–Trinajstić information content (AvgIpc) is 3.15. The standard InChI is InChI=1S/C21H23N3O2S/c1-26-19-5-3-2-4-17(19)10-13-23-20(25)14-18-15-27-21(24-18)7-6-16-8-11-22-12-9-16/h2-5,8-9,11-12,15H,6-7,10,13-14H2,1H3,(H,23,25). The van der Waals surface area contributed by atoms with E-state index in [4.69, 9.17) is 4.74 Å². The van der Waals surface area contributed by atoms with Gasteiger partial charge in [0.2, 0.25) is 5.91 Å². The van der Waals surface area contributed by atoms with E-state index in [-0.39, 0.29) is 5.91 Å². The van der Waals surface area contributed by atoms with Crippen molar-refractivity contribution in [2.45, 2.75) is 25.7 Å². The van der Waals surface area contributed by atoms with Gasteiger partial charge in [-0.25, -0.2) is 4.98 Å². The number of thiazole rings is 1. The molecule has 0 saturated heterocycles. The van der Waals surface area contributed by atoms with Crippen LogP contribution in [0, 0.1) is 0 Å². The second-order valence-electron chi connectivity index (χ2n) is 6.18. The topological polar surface area (TPSA) is 64.1 Å². The number of ether oxygens (including phenoxy) is 1. The Labute approximate surface area is 163 Å². The minimum atomic E-state index is -0.00381. The molecule has 0 atom stereocenters. The van der Waals surface area contributed by atoms with E-state index in [0.29, 0.717) is 13.0 Å². The van der Waals surface area contributed by atoms with Gasteiger partial charge in [-0.1, -0.05) is 18.2 Å². The fourth-order valence-corrected chi connectivity index (χ4v) is 3.62. The smallest absolute Gasteiger partial charge is 0.226 e. The summed E-state index contributed by atoms with van der Waals surface area (Å²) >= 11 is 1.61. The third kappa shape index (κ3) is 5.89. The van der Waals surface area contributed by atoms with Crippen molar-refractivity contribution >= 4 is 17.2 Å². The first-order valence-electron chi connectivity index (χ1n) is 8.95. The molecule has 0 unspecified atom stereocenters. The summed E-state index contributed by atoms with van der Waals surface area (Å²) in [6, 6.07) is 11.9. The van der Waals surface area contributed by atoms with E-state index in [9.17, 15) is 4.79 Å². The van der Waals surface area contributed by atoms with E-state index in [1.807, 2.05) is 41.8 Å². The van der Waals surface area contributed by atoms with Crippen LogP contribution in [0.4, 0.5) is 0 Å². The van der Waals surface area contributed by atoms with Crippen molar-refractivity contribution < 1.29 is 9.53 Å². The molecule has 27 heavy (non-hydrogen) atoms. The number of methoxy groups -OCH3 is 1. The number of nitrogens with one attached hydrogen (secondary N) is 1. The van der Waals surface area contributed by atoms with E-state index in [1.165, 1.54) is 5.56 Å². The van der Waals surface area contributed by atoms with Gasteiger partial charge in [0.15, 0.2) is 0 Å². The molecule has 0 fully saturated rings. The number of para-hydroxylation sites is 1. The Kier molecular flexibility index (Phi) is 6.93. The first kappa shape index (κ1) is 19.0. The maximum Gasteiger partial charge on any atom is 0.226 e. The fraction of sp³-hybridized carbons (Fsp3) is 0.286. The number of pyridine rings is 1. The molecule has 1 aromatic carbocycles. The van der Waals surface area contributed by atoms with Crippen molar-refractivity contribution in [3.63, 3.8) is 0 Å². The largest absolute Gasteiger partial charge is 0.496 e. The maximum atomic E-state index is 12.2. The molecule has 0 aliphatic rings. The summed E-state index contributed by atoms with van der Waals surface area (Å²) in [4.78, 5) is 20.8. The summed E-state index contributed by atoms with van der Waals surface area (Å²) in [5.41, 5.74) is 3.17. The minimum absolute atomic E-state index is 0.00381. The SMILES string of the molecule is COc1ccccc1CCNC(=O)Cc1csc(CCc2ccncc2)n1.